The minimum absolute atomic E-state index is 1.40. The summed E-state index contributed by atoms with van der Waals surface area (Å²) in [4.78, 5) is 0. The van der Waals surface area contributed by atoms with Gasteiger partial charge in [0, 0.05) is 0 Å². The van der Waals surface area contributed by atoms with Gasteiger partial charge in [-0.3, -0.25) is 0 Å². The number of nitrogens with one attached hydrogen (secondary N) is 2. The van der Waals surface area contributed by atoms with Gasteiger partial charge in [-0.2, -0.15) is 9.51 Å². The van der Waals surface area contributed by atoms with E-state index in [4.69, 9.17) is 0 Å². The minimum Gasteiger partial charge on any atom is -0.195 e. The minimum atomic E-state index is -1.82. The molecule has 2 N–H and O–H groups in total. The van der Waals surface area contributed by atoms with E-state index in [-0.39, 0.29) is 0 Å². The molecule has 0 saturated carbocycles. The second-order valence-corrected chi connectivity index (χ2v) is 21.2. The highest BCUT2D eigenvalue weighted by Crippen LogP contribution is 2.50. The molecule has 5 heteroatoms. The summed E-state index contributed by atoms with van der Waals surface area (Å²) >= 11 is 0. The van der Waals surface area contributed by atoms with Gasteiger partial charge in [0.25, 0.3) is 0 Å². The van der Waals surface area contributed by atoms with E-state index < -0.39 is 24.0 Å². The predicted octanol–water partition coefficient (Wildman–Crippen LogP) is 4.33. The first-order valence-corrected chi connectivity index (χ1v) is 17.0. The fourth-order valence-corrected chi connectivity index (χ4v) is 15.1. The van der Waals surface area contributed by atoms with Crippen molar-refractivity contribution in [3.05, 3.63) is 60.7 Å². The third kappa shape index (κ3) is 5.10. The van der Waals surface area contributed by atoms with Gasteiger partial charge in [0.05, 0.1) is 0 Å². The highest BCUT2D eigenvalue weighted by Gasteiger charge is 2.49. The van der Waals surface area contributed by atoms with E-state index in [1.54, 1.807) is 0 Å². The van der Waals surface area contributed by atoms with Crippen LogP contribution in [0.5, 0.6) is 0 Å². The summed E-state index contributed by atoms with van der Waals surface area (Å²) in [7, 11) is -4.82. The van der Waals surface area contributed by atoms with Crippen LogP contribution in [0.4, 0.5) is 0 Å². The number of hydrogen-bond acceptors (Lipinski definition) is 2. The van der Waals surface area contributed by atoms with E-state index in [0.29, 0.717) is 0 Å². The lowest BCUT2D eigenvalue weighted by Gasteiger charge is -2.37. The van der Waals surface area contributed by atoms with Gasteiger partial charge < -0.3 is 0 Å². The average Bonchev–Trinajstić information content (AvgIpc) is 2.45. The summed E-state index contributed by atoms with van der Waals surface area (Å²) in [6.45, 7) is 14.3. The first-order valence-electron chi connectivity index (χ1n) is 8.22. The van der Waals surface area contributed by atoms with Crippen molar-refractivity contribution in [2.75, 3.05) is 0 Å². The van der Waals surface area contributed by atoms with Crippen LogP contribution in [-0.4, -0.2) is 16.5 Å². The Hall–Kier alpha value is -0.776. The highest BCUT2D eigenvalue weighted by atomic mass is 31.2. The monoisotopic (exact) mass is 361 g/mol. The first-order chi connectivity index (χ1) is 10.6. The van der Waals surface area contributed by atoms with Crippen LogP contribution >= 0.6 is 7.56 Å². The number of rotatable bonds is 6. The molecule has 0 aliphatic carbocycles. The molecular weight excluding hydrogens is 331 g/mol. The summed E-state index contributed by atoms with van der Waals surface area (Å²) in [6, 6.07) is 22.0. The predicted molar refractivity (Wildman–Crippen MR) is 112 cm³/mol. The topological polar surface area (TPSA) is 24.1 Å². The molecule has 0 unspecified atom stereocenters. The maximum atomic E-state index is 4.13. The Kier molecular flexibility index (Phi) is 5.65. The molecule has 0 fully saturated rings. The molecule has 2 aromatic rings. The third-order valence-electron chi connectivity index (χ3n) is 3.29. The van der Waals surface area contributed by atoms with Crippen molar-refractivity contribution in [1.29, 1.82) is 0 Å². The van der Waals surface area contributed by atoms with Gasteiger partial charge in [-0.15, -0.1) is 0 Å². The van der Waals surface area contributed by atoms with Gasteiger partial charge in [0.15, 0.2) is 24.0 Å². The van der Waals surface area contributed by atoms with Gasteiger partial charge in [-0.25, -0.2) is 0 Å². The zero-order valence-corrected chi connectivity index (χ0v) is 18.1. The number of hydrogen-bond donors (Lipinski definition) is 2. The summed E-state index contributed by atoms with van der Waals surface area (Å²) in [6.07, 6.45) is 0. The van der Waals surface area contributed by atoms with E-state index in [0.717, 1.165) is 0 Å². The molecule has 0 spiro atoms. The van der Waals surface area contributed by atoms with Crippen LogP contribution in [0.3, 0.4) is 0 Å². The molecule has 0 amide bonds. The zero-order chi connectivity index (χ0) is 17.1. The Morgan fingerprint density at radius 2 is 0.870 bits per heavy atom. The maximum Gasteiger partial charge on any atom is 0.199 e. The Labute approximate surface area is 144 Å². The van der Waals surface area contributed by atoms with E-state index in [2.05, 4.69) is 109 Å². The molecule has 0 atom stereocenters. The summed E-state index contributed by atoms with van der Waals surface area (Å²) in [5.41, 5.74) is 0. The van der Waals surface area contributed by atoms with Crippen LogP contribution in [0.2, 0.25) is 39.3 Å². The lowest BCUT2D eigenvalue weighted by molar-refractivity contribution is 1.30. The van der Waals surface area contributed by atoms with Gasteiger partial charge in [0.1, 0.15) is 10.6 Å². The molecule has 0 aromatic heterocycles. The summed E-state index contributed by atoms with van der Waals surface area (Å²) in [5, 5.41) is 2.80. The lowest BCUT2D eigenvalue weighted by Crippen LogP contribution is -2.57. The van der Waals surface area contributed by atoms with E-state index in [1.807, 2.05) is 0 Å². The standard InChI is InChI=1S/C18H30N2PSi2/c1-22(2,3)19-21(20-23(4,5)6,17-13-9-7-10-14-17)18-15-11-8-12-16-18/h7-16,19-20H,1-6H3/q+1. The van der Waals surface area contributed by atoms with Crippen molar-refractivity contribution in [2.24, 2.45) is 0 Å². The van der Waals surface area contributed by atoms with Gasteiger partial charge in [0.2, 0.25) is 0 Å². The van der Waals surface area contributed by atoms with Crippen molar-refractivity contribution >= 4 is 34.6 Å². The van der Waals surface area contributed by atoms with Crippen LogP contribution in [0.1, 0.15) is 0 Å². The molecule has 0 aliphatic rings. The van der Waals surface area contributed by atoms with Crippen LogP contribution in [0.25, 0.3) is 0 Å². The third-order valence-corrected chi connectivity index (χ3v) is 13.5. The van der Waals surface area contributed by atoms with Crippen molar-refractivity contribution in [3.63, 3.8) is 0 Å². The van der Waals surface area contributed by atoms with Gasteiger partial charge in [-0.1, -0.05) is 75.7 Å². The second kappa shape index (κ2) is 7.00. The van der Waals surface area contributed by atoms with Crippen molar-refractivity contribution in [2.45, 2.75) is 39.3 Å². The molecule has 124 valence electrons. The zero-order valence-electron chi connectivity index (χ0n) is 15.2. The molecular formula is C18H30N2PSi2+. The molecule has 2 aromatic carbocycles. The van der Waals surface area contributed by atoms with Crippen molar-refractivity contribution in [3.8, 4) is 0 Å². The lowest BCUT2D eigenvalue weighted by atomic mass is 10.4. The largest absolute Gasteiger partial charge is 0.199 e. The quantitative estimate of drug-likeness (QED) is 0.591. The van der Waals surface area contributed by atoms with Crippen LogP contribution in [0.15, 0.2) is 60.7 Å². The smallest absolute Gasteiger partial charge is 0.195 e. The van der Waals surface area contributed by atoms with Crippen LogP contribution < -0.4 is 20.1 Å². The SMILES string of the molecule is C[Si](C)(C)N[P+](N[Si](C)(C)C)(c1ccccc1)c1ccccc1. The van der Waals surface area contributed by atoms with Gasteiger partial charge >= 0.3 is 0 Å². The second-order valence-electron chi connectivity index (χ2n) is 8.07. The fraction of sp³-hybridized carbons (Fsp3) is 0.333. The molecule has 2 nitrogen and oxygen atoms in total. The van der Waals surface area contributed by atoms with E-state index in [1.165, 1.54) is 10.6 Å². The summed E-state index contributed by atoms with van der Waals surface area (Å²) in [5.74, 6) is 0. The van der Waals surface area contributed by atoms with Crippen molar-refractivity contribution < 1.29 is 0 Å². The fourth-order valence-electron chi connectivity index (χ4n) is 2.74. The Balaban J connectivity index is 2.68. The molecule has 2 rings (SSSR count). The molecule has 0 saturated heterocycles. The average molecular weight is 362 g/mol. The number of benzene rings is 2. The normalized spacial score (nSPS) is 13.1. The molecule has 0 aliphatic heterocycles. The first kappa shape index (κ1) is 18.6. The molecule has 0 bridgehead atoms. The molecule has 0 heterocycles. The Morgan fingerprint density at radius 1 is 0.565 bits per heavy atom. The Bertz CT molecular complexity index is 561. The molecule has 23 heavy (non-hydrogen) atoms. The van der Waals surface area contributed by atoms with Crippen LogP contribution in [-0.2, 0) is 0 Å². The van der Waals surface area contributed by atoms with Crippen LogP contribution in [0, 0.1) is 0 Å². The van der Waals surface area contributed by atoms with E-state index in [9.17, 15) is 0 Å². The maximum absolute atomic E-state index is 4.13. The van der Waals surface area contributed by atoms with E-state index >= 15 is 0 Å². The summed E-state index contributed by atoms with van der Waals surface area (Å²) < 4.78 is 8.26. The Morgan fingerprint density at radius 3 is 1.13 bits per heavy atom. The molecule has 0 radical (unpaired) electrons. The van der Waals surface area contributed by atoms with Gasteiger partial charge in [-0.05, 0) is 24.3 Å². The van der Waals surface area contributed by atoms with Crippen molar-refractivity contribution in [1.82, 2.24) is 9.51 Å². The highest BCUT2D eigenvalue weighted by molar-refractivity contribution is 7.88.